The lowest BCUT2D eigenvalue weighted by molar-refractivity contribution is 0.0695. The first-order valence-corrected chi connectivity index (χ1v) is 5.40. The average Bonchev–Trinajstić information content (AvgIpc) is 2.78. The van der Waals surface area contributed by atoms with Crippen LogP contribution in [0.4, 0.5) is 5.95 Å². The quantitative estimate of drug-likeness (QED) is 0.855. The zero-order chi connectivity index (χ0) is 13.8. The molecule has 96 valence electrons. The van der Waals surface area contributed by atoms with E-state index in [2.05, 4.69) is 15.3 Å². The van der Waals surface area contributed by atoms with Crippen molar-refractivity contribution in [3.8, 4) is 6.07 Å². The van der Waals surface area contributed by atoms with Crippen molar-refractivity contribution in [1.29, 1.82) is 5.26 Å². The number of rotatable bonds is 4. The fourth-order valence-corrected chi connectivity index (χ4v) is 1.52. The van der Waals surface area contributed by atoms with Crippen LogP contribution in [0, 0.1) is 18.3 Å². The molecule has 2 rings (SSSR count). The summed E-state index contributed by atoms with van der Waals surface area (Å²) in [6, 6.07) is 4.84. The number of hydrogen-bond acceptors (Lipinski definition) is 6. The van der Waals surface area contributed by atoms with Crippen molar-refractivity contribution in [1.82, 2.24) is 9.97 Å². The van der Waals surface area contributed by atoms with E-state index in [1.165, 1.54) is 18.3 Å². The van der Waals surface area contributed by atoms with Gasteiger partial charge in [0.25, 0.3) is 0 Å². The maximum absolute atomic E-state index is 10.9. The molecule has 0 radical (unpaired) electrons. The highest BCUT2D eigenvalue weighted by Crippen LogP contribution is 2.15. The molecule has 7 nitrogen and oxygen atoms in total. The van der Waals surface area contributed by atoms with Gasteiger partial charge in [0.05, 0.1) is 6.54 Å². The SMILES string of the molecule is Cc1oc(CNc2nccc(C#N)n2)cc1C(=O)O. The highest BCUT2D eigenvalue weighted by molar-refractivity contribution is 5.88. The number of carboxylic acid groups (broad SMARTS) is 1. The molecule has 0 saturated carbocycles. The largest absolute Gasteiger partial charge is 0.478 e. The molecule has 7 heteroatoms. The molecule has 2 aromatic heterocycles. The van der Waals surface area contributed by atoms with E-state index in [1.54, 1.807) is 6.92 Å². The Bertz CT molecular complexity index is 657. The fourth-order valence-electron chi connectivity index (χ4n) is 1.52. The van der Waals surface area contributed by atoms with Crippen LogP contribution in [0.1, 0.15) is 27.6 Å². The number of anilines is 1. The van der Waals surface area contributed by atoms with Gasteiger partial charge >= 0.3 is 5.97 Å². The van der Waals surface area contributed by atoms with E-state index in [4.69, 9.17) is 14.8 Å². The normalized spacial score (nSPS) is 9.89. The van der Waals surface area contributed by atoms with Gasteiger partial charge in [0.2, 0.25) is 5.95 Å². The lowest BCUT2D eigenvalue weighted by Crippen LogP contribution is -2.03. The molecule has 0 aliphatic heterocycles. The van der Waals surface area contributed by atoms with Gasteiger partial charge in [0, 0.05) is 6.20 Å². The molecule has 0 saturated heterocycles. The zero-order valence-electron chi connectivity index (χ0n) is 10.0. The molecule has 0 unspecified atom stereocenters. The Labute approximate surface area is 108 Å². The van der Waals surface area contributed by atoms with Crippen LogP contribution in [0.3, 0.4) is 0 Å². The molecule has 0 aliphatic carbocycles. The molecule has 0 atom stereocenters. The summed E-state index contributed by atoms with van der Waals surface area (Å²) in [7, 11) is 0. The number of furan rings is 1. The first-order valence-electron chi connectivity index (χ1n) is 5.40. The molecule has 2 aromatic rings. The lowest BCUT2D eigenvalue weighted by Gasteiger charge is -2.01. The van der Waals surface area contributed by atoms with Crippen LogP contribution >= 0.6 is 0 Å². The minimum absolute atomic E-state index is 0.128. The second kappa shape index (κ2) is 5.18. The number of carboxylic acids is 1. The van der Waals surface area contributed by atoms with Crippen LogP contribution in [0.2, 0.25) is 0 Å². The van der Waals surface area contributed by atoms with E-state index < -0.39 is 5.97 Å². The third-order valence-corrected chi connectivity index (χ3v) is 2.39. The van der Waals surface area contributed by atoms with E-state index in [0.717, 1.165) is 0 Å². The molecular weight excluding hydrogens is 248 g/mol. The predicted octanol–water partition coefficient (Wildman–Crippen LogP) is 1.56. The van der Waals surface area contributed by atoms with E-state index in [9.17, 15) is 4.79 Å². The van der Waals surface area contributed by atoms with E-state index >= 15 is 0 Å². The van der Waals surface area contributed by atoms with Crippen LogP contribution in [-0.2, 0) is 6.54 Å². The second-order valence-electron chi connectivity index (χ2n) is 3.72. The van der Waals surface area contributed by atoms with E-state index in [0.29, 0.717) is 11.5 Å². The molecule has 0 aromatic carbocycles. The van der Waals surface area contributed by atoms with Crippen LogP contribution in [0.15, 0.2) is 22.7 Å². The first kappa shape index (κ1) is 12.6. The Balaban J connectivity index is 2.08. The molecule has 0 spiro atoms. The molecular formula is C12H10N4O3. The number of nitrogens with one attached hydrogen (secondary N) is 1. The van der Waals surface area contributed by atoms with E-state index in [-0.39, 0.29) is 23.8 Å². The van der Waals surface area contributed by atoms with Gasteiger partial charge in [-0.3, -0.25) is 0 Å². The van der Waals surface area contributed by atoms with Gasteiger partial charge in [0.1, 0.15) is 28.8 Å². The second-order valence-corrected chi connectivity index (χ2v) is 3.72. The summed E-state index contributed by atoms with van der Waals surface area (Å²) in [5, 5.41) is 20.4. The van der Waals surface area contributed by atoms with Gasteiger partial charge in [-0.15, -0.1) is 0 Å². The summed E-state index contributed by atoms with van der Waals surface area (Å²) in [4.78, 5) is 18.7. The highest BCUT2D eigenvalue weighted by Gasteiger charge is 2.13. The minimum Gasteiger partial charge on any atom is -0.478 e. The molecule has 0 bridgehead atoms. The monoisotopic (exact) mass is 258 g/mol. The predicted molar refractivity (Wildman–Crippen MR) is 64.5 cm³/mol. The standard InChI is InChI=1S/C12H10N4O3/c1-7-10(11(17)18)4-9(19-7)6-15-12-14-3-2-8(5-13)16-12/h2-4H,6H2,1H3,(H,17,18)(H,14,15,16). The van der Waals surface area contributed by atoms with Gasteiger partial charge in [-0.1, -0.05) is 0 Å². The Morgan fingerprint density at radius 2 is 2.42 bits per heavy atom. The summed E-state index contributed by atoms with van der Waals surface area (Å²) >= 11 is 0. The van der Waals surface area contributed by atoms with Gasteiger partial charge in [-0.25, -0.2) is 14.8 Å². The third-order valence-electron chi connectivity index (χ3n) is 2.39. The Kier molecular flexibility index (Phi) is 3.43. The first-order chi connectivity index (χ1) is 9.10. The fraction of sp³-hybridized carbons (Fsp3) is 0.167. The number of nitriles is 1. The Hall–Kier alpha value is -2.88. The molecule has 0 fully saturated rings. The van der Waals surface area contributed by atoms with E-state index in [1.807, 2.05) is 6.07 Å². The van der Waals surface area contributed by atoms with Gasteiger partial charge in [-0.05, 0) is 19.1 Å². The summed E-state index contributed by atoms with van der Waals surface area (Å²) in [5.74, 6) is 0.0528. The van der Waals surface area contributed by atoms with Crippen LogP contribution < -0.4 is 5.32 Å². The van der Waals surface area contributed by atoms with Crippen LogP contribution in [-0.4, -0.2) is 21.0 Å². The van der Waals surface area contributed by atoms with Gasteiger partial charge in [-0.2, -0.15) is 5.26 Å². The topological polar surface area (TPSA) is 112 Å². The van der Waals surface area contributed by atoms with Crippen molar-refractivity contribution in [2.75, 3.05) is 5.32 Å². The van der Waals surface area contributed by atoms with Gasteiger partial charge < -0.3 is 14.8 Å². The summed E-state index contributed by atoms with van der Waals surface area (Å²) < 4.78 is 5.29. The maximum Gasteiger partial charge on any atom is 0.339 e. The summed E-state index contributed by atoms with van der Waals surface area (Å²) in [6.45, 7) is 1.82. The molecule has 0 amide bonds. The zero-order valence-corrected chi connectivity index (χ0v) is 10.0. The van der Waals surface area contributed by atoms with Crippen molar-refractivity contribution in [2.24, 2.45) is 0 Å². The smallest absolute Gasteiger partial charge is 0.339 e. The summed E-state index contributed by atoms with van der Waals surface area (Å²) in [6.07, 6.45) is 1.46. The molecule has 2 N–H and O–H groups in total. The van der Waals surface area contributed by atoms with Crippen molar-refractivity contribution in [3.05, 3.63) is 41.1 Å². The molecule has 19 heavy (non-hydrogen) atoms. The number of carbonyl (C=O) groups is 1. The van der Waals surface area contributed by atoms with Crippen molar-refractivity contribution < 1.29 is 14.3 Å². The Morgan fingerprint density at radius 1 is 1.63 bits per heavy atom. The number of aryl methyl sites for hydroxylation is 1. The van der Waals surface area contributed by atoms with Gasteiger partial charge in [0.15, 0.2) is 0 Å². The average molecular weight is 258 g/mol. The number of hydrogen-bond donors (Lipinski definition) is 2. The highest BCUT2D eigenvalue weighted by atomic mass is 16.4. The lowest BCUT2D eigenvalue weighted by atomic mass is 10.2. The van der Waals surface area contributed by atoms with Crippen molar-refractivity contribution in [2.45, 2.75) is 13.5 Å². The molecule has 0 aliphatic rings. The maximum atomic E-state index is 10.9. The summed E-state index contributed by atoms with van der Waals surface area (Å²) in [5.41, 5.74) is 0.378. The number of aromatic nitrogens is 2. The minimum atomic E-state index is -1.03. The molecule has 2 heterocycles. The van der Waals surface area contributed by atoms with Crippen LogP contribution in [0.25, 0.3) is 0 Å². The Morgan fingerprint density at radius 3 is 3.05 bits per heavy atom. The van der Waals surface area contributed by atoms with Crippen LogP contribution in [0.5, 0.6) is 0 Å². The van der Waals surface area contributed by atoms with Crippen molar-refractivity contribution >= 4 is 11.9 Å². The number of nitrogens with zero attached hydrogens (tertiary/aromatic N) is 3. The van der Waals surface area contributed by atoms with Crippen molar-refractivity contribution in [3.63, 3.8) is 0 Å². The number of aromatic carboxylic acids is 1. The third kappa shape index (κ3) is 2.87.